The predicted octanol–water partition coefficient (Wildman–Crippen LogP) is 2.18. The smallest absolute Gasteiger partial charge is 0.408 e. The number of hydrogen-bond donors (Lipinski definition) is 4. The summed E-state index contributed by atoms with van der Waals surface area (Å²) in [5.74, 6) is -0.937. The minimum atomic E-state index is -0.523. The summed E-state index contributed by atoms with van der Waals surface area (Å²) in [5, 5.41) is 3.54. The number of nitrogens with one attached hydrogen (secondary N) is 4. The number of anilines is 1. The first-order valence-electron chi connectivity index (χ1n) is 7.78. The van der Waals surface area contributed by atoms with Gasteiger partial charge in [0.05, 0.1) is 17.5 Å². The molecule has 1 aliphatic rings. The first-order valence-corrected chi connectivity index (χ1v) is 8.15. The minimum Gasteiger partial charge on any atom is -0.408 e. The molecule has 1 aromatic heterocycles. The van der Waals surface area contributed by atoms with Crippen molar-refractivity contribution >= 4 is 34.3 Å². The molecule has 2 atom stereocenters. The number of fused-ring (bicyclic) bond motifs is 1. The third kappa shape index (κ3) is 3.17. The molecule has 0 saturated carbocycles. The molecule has 2 unspecified atom stereocenters. The van der Waals surface area contributed by atoms with Crippen LogP contribution in [0.2, 0.25) is 5.02 Å². The lowest BCUT2D eigenvalue weighted by molar-refractivity contribution is -0.119. The standard InChI is InChI=1S/C17H15ClN4O3/c18-10-3-1-9(2-4-10)15-12(8-19-22-15)16(23)20-11-5-6-14-13(7-11)21-17(24)25-14/h1-7,12,15,19,22H,8H2,(H,20,23)(H,21,24). The lowest BCUT2D eigenvalue weighted by atomic mass is 9.94. The first kappa shape index (κ1) is 15.9. The van der Waals surface area contributed by atoms with E-state index in [1.165, 1.54) is 0 Å². The maximum Gasteiger partial charge on any atom is 0.417 e. The SMILES string of the molecule is O=C(Nc1ccc2oc(=O)[nH]c2c1)C1CNNC1c1ccc(Cl)cc1. The van der Waals surface area contributed by atoms with E-state index in [-0.39, 0.29) is 17.9 Å². The summed E-state index contributed by atoms with van der Waals surface area (Å²) in [4.78, 5) is 26.5. The fraction of sp³-hybridized carbons (Fsp3) is 0.176. The van der Waals surface area contributed by atoms with Gasteiger partial charge < -0.3 is 9.73 Å². The van der Waals surface area contributed by atoms with Crippen LogP contribution in [0.3, 0.4) is 0 Å². The van der Waals surface area contributed by atoms with Gasteiger partial charge in [-0.15, -0.1) is 0 Å². The van der Waals surface area contributed by atoms with Crippen LogP contribution < -0.4 is 21.9 Å². The Morgan fingerprint density at radius 2 is 2.00 bits per heavy atom. The van der Waals surface area contributed by atoms with Gasteiger partial charge in [0.25, 0.3) is 0 Å². The Balaban J connectivity index is 1.54. The van der Waals surface area contributed by atoms with Crippen LogP contribution in [0.1, 0.15) is 11.6 Å². The molecule has 1 aliphatic heterocycles. The Morgan fingerprint density at radius 1 is 1.20 bits per heavy atom. The number of aromatic amines is 1. The summed E-state index contributed by atoms with van der Waals surface area (Å²) >= 11 is 5.93. The molecule has 1 saturated heterocycles. The van der Waals surface area contributed by atoms with E-state index in [9.17, 15) is 9.59 Å². The predicted molar refractivity (Wildman–Crippen MR) is 94.3 cm³/mol. The third-order valence-electron chi connectivity index (χ3n) is 4.23. The van der Waals surface area contributed by atoms with Crippen molar-refractivity contribution in [1.82, 2.24) is 15.8 Å². The number of hydrogen-bond acceptors (Lipinski definition) is 5. The number of oxazole rings is 1. The first-order chi connectivity index (χ1) is 12.1. The molecule has 1 fully saturated rings. The van der Waals surface area contributed by atoms with Crippen molar-refractivity contribution < 1.29 is 9.21 Å². The average Bonchev–Trinajstić information content (AvgIpc) is 3.21. The molecule has 0 bridgehead atoms. The second kappa shape index (κ2) is 6.36. The Kier molecular flexibility index (Phi) is 4.04. The maximum atomic E-state index is 12.7. The molecule has 1 amide bonds. The van der Waals surface area contributed by atoms with Gasteiger partial charge in [-0.3, -0.25) is 15.2 Å². The summed E-state index contributed by atoms with van der Waals surface area (Å²) in [5.41, 5.74) is 8.72. The van der Waals surface area contributed by atoms with Gasteiger partial charge in [-0.25, -0.2) is 10.2 Å². The Hall–Kier alpha value is -2.61. The van der Waals surface area contributed by atoms with Gasteiger partial charge in [-0.2, -0.15) is 0 Å². The molecular weight excluding hydrogens is 344 g/mol. The van der Waals surface area contributed by atoms with Gasteiger partial charge in [0.1, 0.15) is 0 Å². The third-order valence-corrected chi connectivity index (χ3v) is 4.49. The van der Waals surface area contributed by atoms with E-state index in [1.807, 2.05) is 12.1 Å². The van der Waals surface area contributed by atoms with E-state index in [4.69, 9.17) is 16.0 Å². The number of aromatic nitrogens is 1. The molecule has 4 N–H and O–H groups in total. The molecular formula is C17H15ClN4O3. The summed E-state index contributed by atoms with van der Waals surface area (Å²) < 4.78 is 4.96. The second-order valence-electron chi connectivity index (χ2n) is 5.88. The number of hydrazine groups is 1. The molecule has 128 valence electrons. The van der Waals surface area contributed by atoms with Gasteiger partial charge in [0.15, 0.2) is 5.58 Å². The van der Waals surface area contributed by atoms with Gasteiger partial charge in [-0.05, 0) is 35.9 Å². The van der Waals surface area contributed by atoms with E-state index in [2.05, 4.69) is 21.2 Å². The zero-order valence-corrected chi connectivity index (χ0v) is 13.8. The van der Waals surface area contributed by atoms with Crippen molar-refractivity contribution in [3.05, 3.63) is 63.6 Å². The second-order valence-corrected chi connectivity index (χ2v) is 6.31. The summed E-state index contributed by atoms with van der Waals surface area (Å²) in [6.07, 6.45) is 0. The normalized spacial score (nSPS) is 20.0. The number of H-pyrrole nitrogens is 1. The summed E-state index contributed by atoms with van der Waals surface area (Å²) in [6, 6.07) is 12.3. The van der Waals surface area contributed by atoms with Crippen molar-refractivity contribution in [2.45, 2.75) is 6.04 Å². The number of amides is 1. The van der Waals surface area contributed by atoms with Crippen molar-refractivity contribution in [3.63, 3.8) is 0 Å². The van der Waals surface area contributed by atoms with Crippen molar-refractivity contribution in [2.24, 2.45) is 5.92 Å². The quantitative estimate of drug-likeness (QED) is 0.575. The molecule has 4 rings (SSSR count). The molecule has 0 spiro atoms. The molecule has 25 heavy (non-hydrogen) atoms. The zero-order valence-electron chi connectivity index (χ0n) is 13.0. The average molecular weight is 359 g/mol. The number of rotatable bonds is 3. The van der Waals surface area contributed by atoms with Gasteiger partial charge >= 0.3 is 5.76 Å². The number of carbonyl (C=O) groups excluding carboxylic acids is 1. The van der Waals surface area contributed by atoms with E-state index >= 15 is 0 Å². The lowest BCUT2D eigenvalue weighted by Crippen LogP contribution is -2.29. The molecule has 0 radical (unpaired) electrons. The maximum absolute atomic E-state index is 12.7. The van der Waals surface area contributed by atoms with Crippen LogP contribution in [0.15, 0.2) is 51.7 Å². The molecule has 0 aliphatic carbocycles. The topological polar surface area (TPSA) is 99.2 Å². The monoisotopic (exact) mass is 358 g/mol. The van der Waals surface area contributed by atoms with Crippen LogP contribution in [0.5, 0.6) is 0 Å². The molecule has 7 nitrogen and oxygen atoms in total. The highest BCUT2D eigenvalue weighted by molar-refractivity contribution is 6.30. The minimum absolute atomic E-state index is 0.123. The van der Waals surface area contributed by atoms with Crippen LogP contribution in [-0.4, -0.2) is 17.4 Å². The molecule has 8 heteroatoms. The van der Waals surface area contributed by atoms with E-state index in [0.29, 0.717) is 28.4 Å². The van der Waals surface area contributed by atoms with Gasteiger partial charge in [0, 0.05) is 17.3 Å². The lowest BCUT2D eigenvalue weighted by Gasteiger charge is -2.18. The fourth-order valence-electron chi connectivity index (χ4n) is 2.99. The number of benzene rings is 2. The van der Waals surface area contributed by atoms with E-state index in [0.717, 1.165) is 5.56 Å². The van der Waals surface area contributed by atoms with E-state index < -0.39 is 5.76 Å². The van der Waals surface area contributed by atoms with Crippen LogP contribution in [0, 0.1) is 5.92 Å². The van der Waals surface area contributed by atoms with Crippen LogP contribution >= 0.6 is 11.6 Å². The van der Waals surface area contributed by atoms with Gasteiger partial charge in [-0.1, -0.05) is 23.7 Å². The van der Waals surface area contributed by atoms with Crippen LogP contribution in [-0.2, 0) is 4.79 Å². The summed E-state index contributed by atoms with van der Waals surface area (Å²) in [7, 11) is 0. The largest absolute Gasteiger partial charge is 0.417 e. The number of halogens is 1. The van der Waals surface area contributed by atoms with E-state index in [1.54, 1.807) is 30.3 Å². The Morgan fingerprint density at radius 3 is 2.80 bits per heavy atom. The van der Waals surface area contributed by atoms with Crippen molar-refractivity contribution in [3.8, 4) is 0 Å². The molecule has 3 aromatic rings. The summed E-state index contributed by atoms with van der Waals surface area (Å²) in [6.45, 7) is 0.504. The molecule has 2 aromatic carbocycles. The van der Waals surface area contributed by atoms with Crippen molar-refractivity contribution in [2.75, 3.05) is 11.9 Å². The fourth-order valence-corrected chi connectivity index (χ4v) is 3.12. The highest BCUT2D eigenvalue weighted by Gasteiger charge is 2.34. The number of carbonyl (C=O) groups is 1. The van der Waals surface area contributed by atoms with Crippen molar-refractivity contribution in [1.29, 1.82) is 0 Å². The van der Waals surface area contributed by atoms with Crippen LogP contribution in [0.25, 0.3) is 11.1 Å². The van der Waals surface area contributed by atoms with Gasteiger partial charge in [0.2, 0.25) is 5.91 Å². The van der Waals surface area contributed by atoms with Crippen LogP contribution in [0.4, 0.5) is 5.69 Å². The zero-order chi connectivity index (χ0) is 17.4. The Labute approximate surface area is 147 Å². The molecule has 2 heterocycles. The highest BCUT2D eigenvalue weighted by atomic mass is 35.5. The Bertz CT molecular complexity index is 979. The highest BCUT2D eigenvalue weighted by Crippen LogP contribution is 2.27.